The minimum absolute atomic E-state index is 0.0455. The summed E-state index contributed by atoms with van der Waals surface area (Å²) in [6.07, 6.45) is 5.04. The molecule has 0 saturated heterocycles. The molecule has 0 aliphatic heterocycles. The van der Waals surface area contributed by atoms with Crippen LogP contribution in [0.3, 0.4) is 0 Å². The molecule has 0 radical (unpaired) electrons. The molecular formula is C19H27N5O. The molecule has 2 aromatic heterocycles. The number of anilines is 2. The Bertz CT molecular complexity index is 673. The van der Waals surface area contributed by atoms with Gasteiger partial charge in [-0.2, -0.15) is 4.98 Å². The first-order valence-corrected chi connectivity index (χ1v) is 9.06. The molecule has 6 nitrogen and oxygen atoms in total. The first-order chi connectivity index (χ1) is 12.2. The fourth-order valence-electron chi connectivity index (χ4n) is 2.66. The molecule has 3 N–H and O–H groups in total. The highest BCUT2D eigenvalue weighted by Crippen LogP contribution is 2.39. The predicted molar refractivity (Wildman–Crippen MR) is 99.8 cm³/mol. The number of aromatic nitrogens is 3. The zero-order valence-electron chi connectivity index (χ0n) is 14.9. The van der Waals surface area contributed by atoms with Crippen molar-refractivity contribution in [2.24, 2.45) is 5.92 Å². The monoisotopic (exact) mass is 341 g/mol. The number of hydrogen-bond donors (Lipinski definition) is 3. The first-order valence-electron chi connectivity index (χ1n) is 9.06. The summed E-state index contributed by atoms with van der Waals surface area (Å²) in [4.78, 5) is 13.6. The van der Waals surface area contributed by atoms with Crippen molar-refractivity contribution >= 4 is 11.8 Å². The maximum absolute atomic E-state index is 9.54. The largest absolute Gasteiger partial charge is 0.394 e. The van der Waals surface area contributed by atoms with E-state index >= 15 is 0 Å². The average Bonchev–Trinajstić information content (AvgIpc) is 3.45. The van der Waals surface area contributed by atoms with Crippen LogP contribution in [0.1, 0.15) is 44.0 Å². The predicted octanol–water partition coefficient (Wildman–Crippen LogP) is 2.83. The Balaban J connectivity index is 1.67. The number of nitrogens with zero attached hydrogens (tertiary/aromatic N) is 3. The summed E-state index contributed by atoms with van der Waals surface area (Å²) >= 11 is 0. The van der Waals surface area contributed by atoms with E-state index in [1.54, 1.807) is 0 Å². The summed E-state index contributed by atoms with van der Waals surface area (Å²) in [5, 5.41) is 16.2. The fraction of sp³-hybridized carbons (Fsp3) is 0.526. The van der Waals surface area contributed by atoms with Gasteiger partial charge in [0.05, 0.1) is 18.3 Å². The summed E-state index contributed by atoms with van der Waals surface area (Å²) in [6, 6.07) is 7.95. The number of aliphatic hydroxyl groups is 1. The Kier molecular flexibility index (Phi) is 5.81. The van der Waals surface area contributed by atoms with Gasteiger partial charge in [0, 0.05) is 36.8 Å². The zero-order chi connectivity index (χ0) is 17.6. The van der Waals surface area contributed by atoms with E-state index in [4.69, 9.17) is 0 Å². The molecule has 1 fully saturated rings. The van der Waals surface area contributed by atoms with Crippen LogP contribution in [0.4, 0.5) is 11.8 Å². The Hall–Kier alpha value is -2.21. The second kappa shape index (κ2) is 8.25. The van der Waals surface area contributed by atoms with Crippen molar-refractivity contribution in [3.05, 3.63) is 41.9 Å². The lowest BCUT2D eigenvalue weighted by Gasteiger charge is -2.20. The maximum Gasteiger partial charge on any atom is 0.225 e. The minimum atomic E-state index is -0.0455. The molecule has 0 amide bonds. The topological polar surface area (TPSA) is 83.0 Å². The second-order valence-corrected chi connectivity index (χ2v) is 6.95. The van der Waals surface area contributed by atoms with Crippen molar-refractivity contribution in [3.8, 4) is 0 Å². The lowest BCUT2D eigenvalue weighted by atomic mass is 10.1. The van der Waals surface area contributed by atoms with Crippen molar-refractivity contribution in [1.82, 2.24) is 15.0 Å². The van der Waals surface area contributed by atoms with Gasteiger partial charge in [-0.3, -0.25) is 4.98 Å². The van der Waals surface area contributed by atoms with Crippen molar-refractivity contribution in [3.63, 3.8) is 0 Å². The van der Waals surface area contributed by atoms with Crippen molar-refractivity contribution in [2.75, 3.05) is 23.8 Å². The molecule has 1 saturated carbocycles. The van der Waals surface area contributed by atoms with Gasteiger partial charge in [0.25, 0.3) is 0 Å². The summed E-state index contributed by atoms with van der Waals surface area (Å²) < 4.78 is 0. The van der Waals surface area contributed by atoms with E-state index in [-0.39, 0.29) is 12.6 Å². The highest BCUT2D eigenvalue weighted by molar-refractivity contribution is 5.44. The molecule has 1 aliphatic rings. The number of aliphatic hydroxyl groups excluding tert-OH is 1. The van der Waals surface area contributed by atoms with E-state index in [1.807, 2.05) is 30.5 Å². The Labute approximate surface area is 149 Å². The van der Waals surface area contributed by atoms with Gasteiger partial charge < -0.3 is 15.7 Å². The quantitative estimate of drug-likeness (QED) is 0.650. The van der Waals surface area contributed by atoms with Crippen molar-refractivity contribution < 1.29 is 5.11 Å². The molecule has 2 aromatic rings. The van der Waals surface area contributed by atoms with Crippen molar-refractivity contribution in [1.29, 1.82) is 0 Å². The summed E-state index contributed by atoms with van der Waals surface area (Å²) in [5.74, 6) is 2.28. The third-order valence-corrected chi connectivity index (χ3v) is 4.47. The van der Waals surface area contributed by atoms with Gasteiger partial charge in [-0.15, -0.1) is 0 Å². The Morgan fingerprint density at radius 2 is 2.08 bits per heavy atom. The molecule has 2 heterocycles. The standard InChI is InChI=1S/C19H27N5O/c1-13(2)17(12-25)23-19-22-16(14-6-7-14)11-18(24-19)21-10-8-15-5-3-4-9-20-15/h3-5,9,11,13-14,17,25H,6-8,10,12H2,1-2H3,(H2,21,22,23,24)/t17-/m1/s1. The summed E-state index contributed by atoms with van der Waals surface area (Å²) in [6.45, 7) is 4.98. The van der Waals surface area contributed by atoms with Gasteiger partial charge in [-0.05, 0) is 30.9 Å². The third kappa shape index (κ3) is 5.13. The van der Waals surface area contributed by atoms with E-state index < -0.39 is 0 Å². The Morgan fingerprint density at radius 3 is 2.72 bits per heavy atom. The van der Waals surface area contributed by atoms with E-state index in [2.05, 4.69) is 39.4 Å². The molecular weight excluding hydrogens is 314 g/mol. The fourth-order valence-corrected chi connectivity index (χ4v) is 2.66. The van der Waals surface area contributed by atoms with Gasteiger partial charge in [0.1, 0.15) is 5.82 Å². The molecule has 25 heavy (non-hydrogen) atoms. The smallest absolute Gasteiger partial charge is 0.225 e. The molecule has 1 aliphatic carbocycles. The highest BCUT2D eigenvalue weighted by Gasteiger charge is 2.26. The van der Waals surface area contributed by atoms with Crippen LogP contribution in [-0.4, -0.2) is 39.3 Å². The first kappa shape index (κ1) is 17.6. The molecule has 1 atom stereocenters. The van der Waals surface area contributed by atoms with Crippen LogP contribution in [0.5, 0.6) is 0 Å². The molecule has 0 aromatic carbocycles. The van der Waals surface area contributed by atoms with Crippen LogP contribution in [0.2, 0.25) is 0 Å². The SMILES string of the molecule is CC(C)[C@@H](CO)Nc1nc(NCCc2ccccn2)cc(C2CC2)n1. The molecule has 6 heteroatoms. The van der Waals surface area contributed by atoms with Crippen LogP contribution in [-0.2, 0) is 6.42 Å². The summed E-state index contributed by atoms with van der Waals surface area (Å²) in [5.41, 5.74) is 2.14. The number of hydrogen-bond acceptors (Lipinski definition) is 6. The van der Waals surface area contributed by atoms with Crippen LogP contribution in [0.25, 0.3) is 0 Å². The minimum Gasteiger partial charge on any atom is -0.394 e. The van der Waals surface area contributed by atoms with E-state index in [1.165, 1.54) is 12.8 Å². The van der Waals surface area contributed by atoms with Crippen LogP contribution in [0, 0.1) is 5.92 Å². The number of rotatable bonds is 9. The van der Waals surface area contributed by atoms with Crippen LogP contribution in [0.15, 0.2) is 30.5 Å². The number of nitrogens with one attached hydrogen (secondary N) is 2. The van der Waals surface area contributed by atoms with Crippen LogP contribution >= 0.6 is 0 Å². The third-order valence-electron chi connectivity index (χ3n) is 4.47. The van der Waals surface area contributed by atoms with Crippen LogP contribution < -0.4 is 10.6 Å². The molecule has 0 spiro atoms. The van der Waals surface area contributed by atoms with E-state index in [0.717, 1.165) is 30.2 Å². The molecule has 3 rings (SSSR count). The van der Waals surface area contributed by atoms with Gasteiger partial charge in [-0.25, -0.2) is 4.98 Å². The van der Waals surface area contributed by atoms with Crippen molar-refractivity contribution in [2.45, 2.75) is 45.1 Å². The maximum atomic E-state index is 9.54. The van der Waals surface area contributed by atoms with E-state index in [0.29, 0.717) is 17.8 Å². The molecule has 0 bridgehead atoms. The van der Waals surface area contributed by atoms with Gasteiger partial charge in [-0.1, -0.05) is 19.9 Å². The number of pyridine rings is 1. The lowest BCUT2D eigenvalue weighted by Crippen LogP contribution is -2.30. The lowest BCUT2D eigenvalue weighted by molar-refractivity contribution is 0.248. The summed E-state index contributed by atoms with van der Waals surface area (Å²) in [7, 11) is 0. The normalized spacial score (nSPS) is 15.2. The highest BCUT2D eigenvalue weighted by atomic mass is 16.3. The van der Waals surface area contributed by atoms with E-state index in [9.17, 15) is 5.11 Å². The zero-order valence-corrected chi connectivity index (χ0v) is 14.9. The second-order valence-electron chi connectivity index (χ2n) is 6.95. The van der Waals surface area contributed by atoms with Gasteiger partial charge >= 0.3 is 0 Å². The Morgan fingerprint density at radius 1 is 1.24 bits per heavy atom. The average molecular weight is 341 g/mol. The van der Waals surface area contributed by atoms with Gasteiger partial charge in [0.2, 0.25) is 5.95 Å². The molecule has 0 unspecified atom stereocenters. The van der Waals surface area contributed by atoms with Gasteiger partial charge in [0.15, 0.2) is 0 Å². The molecule has 134 valence electrons.